The van der Waals surface area contributed by atoms with Crippen molar-refractivity contribution in [2.75, 3.05) is 11.9 Å². The Morgan fingerprint density at radius 1 is 1.22 bits per heavy atom. The summed E-state index contributed by atoms with van der Waals surface area (Å²) >= 11 is 6.10. The maximum absolute atomic E-state index is 14.0. The van der Waals surface area contributed by atoms with Crippen LogP contribution in [0.4, 0.5) is 5.69 Å². The molecule has 3 fully saturated rings. The summed E-state index contributed by atoms with van der Waals surface area (Å²) < 4.78 is 6.44. The van der Waals surface area contributed by atoms with Crippen LogP contribution in [0.3, 0.4) is 0 Å². The number of rotatable bonds is 7. The molecule has 3 amide bonds. The Hall–Kier alpha value is -2.38. The van der Waals surface area contributed by atoms with Crippen LogP contribution in [0.15, 0.2) is 36.4 Å². The van der Waals surface area contributed by atoms with Crippen molar-refractivity contribution in [2.45, 2.75) is 77.2 Å². The molecule has 1 saturated carbocycles. The van der Waals surface area contributed by atoms with Crippen LogP contribution < -0.4 is 10.6 Å². The summed E-state index contributed by atoms with van der Waals surface area (Å²) in [6.45, 7) is 9.08. The number of hydrogen-bond acceptors (Lipinski definition) is 4. The number of fused-ring (bicyclic) bond motifs is 1. The Morgan fingerprint density at radius 3 is 2.73 bits per heavy atom. The summed E-state index contributed by atoms with van der Waals surface area (Å²) in [4.78, 5) is 43.1. The van der Waals surface area contributed by atoms with E-state index in [1.807, 2.05) is 12.2 Å². The molecule has 3 heterocycles. The molecule has 1 spiro atoms. The second-order valence-electron chi connectivity index (χ2n) is 11.8. The Kier molecular flexibility index (Phi) is 7.14. The summed E-state index contributed by atoms with van der Waals surface area (Å²) in [5, 5.41) is 6.73. The first-order valence-corrected chi connectivity index (χ1v) is 14.0. The number of benzene rings is 1. The van der Waals surface area contributed by atoms with Crippen LogP contribution in [-0.2, 0) is 19.1 Å². The minimum atomic E-state index is -1.14. The maximum atomic E-state index is 14.0. The summed E-state index contributed by atoms with van der Waals surface area (Å²) in [6.07, 6.45) is 7.11. The zero-order chi connectivity index (χ0) is 26.5. The van der Waals surface area contributed by atoms with Gasteiger partial charge in [-0.3, -0.25) is 14.4 Å². The van der Waals surface area contributed by atoms with Gasteiger partial charge >= 0.3 is 0 Å². The van der Waals surface area contributed by atoms with E-state index >= 15 is 0 Å². The summed E-state index contributed by atoms with van der Waals surface area (Å²) in [5.41, 5.74) is -0.571. The lowest BCUT2D eigenvalue weighted by molar-refractivity contribution is -0.141. The number of likely N-dealkylation sites (tertiary alicyclic amines) is 1. The van der Waals surface area contributed by atoms with Gasteiger partial charge in [-0.1, -0.05) is 70.4 Å². The van der Waals surface area contributed by atoms with Crippen LogP contribution in [0, 0.1) is 29.6 Å². The molecule has 7 nitrogen and oxygen atoms in total. The van der Waals surface area contributed by atoms with Crippen molar-refractivity contribution in [1.29, 1.82) is 0 Å². The van der Waals surface area contributed by atoms with Crippen molar-refractivity contribution >= 4 is 35.0 Å². The normalized spacial score (nSPS) is 36.2. The van der Waals surface area contributed by atoms with Gasteiger partial charge in [0, 0.05) is 23.3 Å². The zero-order valence-corrected chi connectivity index (χ0v) is 22.8. The SMILES string of the molecule is CC(C)CCN1C(=O)[C@H]2[C@H](C(=O)Nc3cccc(Cl)c3)[C@H]3C=C[C@@]2(O3)[C@@H]1C(=O)N[C@@H]1CCC[C@@H](C)[C@H]1C. The molecular weight excluding hydrogens is 490 g/mol. The largest absolute Gasteiger partial charge is 0.359 e. The standard InChI is InChI=1S/C29H38ClN3O4/c1-16(2)12-14-33-25(27(35)32-21-10-5-7-17(3)18(21)4)29-13-11-22(37-29)23(24(29)28(33)36)26(34)31-20-9-6-8-19(30)15-20/h6,8-9,11,13,15-18,21-25H,5,7,10,12,14H2,1-4H3,(H,31,34)(H,32,35)/t17-,18-,21-,22-,23-,24-,25+,29+/m1/s1. The highest BCUT2D eigenvalue weighted by Gasteiger charge is 2.72. The number of nitrogens with zero attached hydrogens (tertiary/aromatic N) is 1. The van der Waals surface area contributed by atoms with Crippen molar-refractivity contribution in [3.05, 3.63) is 41.4 Å². The quantitative estimate of drug-likeness (QED) is 0.514. The molecule has 3 aliphatic heterocycles. The van der Waals surface area contributed by atoms with Crippen LogP contribution in [0.25, 0.3) is 0 Å². The van der Waals surface area contributed by atoms with E-state index in [1.54, 1.807) is 29.2 Å². The second kappa shape index (κ2) is 10.1. The van der Waals surface area contributed by atoms with Crippen molar-refractivity contribution in [3.8, 4) is 0 Å². The monoisotopic (exact) mass is 527 g/mol. The van der Waals surface area contributed by atoms with E-state index in [-0.39, 0.29) is 23.8 Å². The van der Waals surface area contributed by atoms with Crippen LogP contribution in [0.1, 0.15) is 53.4 Å². The molecule has 0 aromatic heterocycles. The van der Waals surface area contributed by atoms with Crippen LogP contribution >= 0.6 is 11.6 Å². The molecule has 8 heteroatoms. The molecule has 200 valence electrons. The number of amides is 3. The molecule has 1 aliphatic carbocycles. The van der Waals surface area contributed by atoms with Gasteiger partial charge in [0.1, 0.15) is 11.6 Å². The molecule has 2 saturated heterocycles. The first-order chi connectivity index (χ1) is 17.6. The van der Waals surface area contributed by atoms with Crippen LogP contribution in [0.5, 0.6) is 0 Å². The molecule has 8 atom stereocenters. The first kappa shape index (κ1) is 26.2. The van der Waals surface area contributed by atoms with Crippen molar-refractivity contribution < 1.29 is 19.1 Å². The summed E-state index contributed by atoms with van der Waals surface area (Å²) in [7, 11) is 0. The minimum Gasteiger partial charge on any atom is -0.359 e. The molecule has 0 unspecified atom stereocenters. The van der Waals surface area contributed by atoms with Gasteiger partial charge in [0.25, 0.3) is 0 Å². The first-order valence-electron chi connectivity index (χ1n) is 13.7. The lowest BCUT2D eigenvalue weighted by atomic mass is 9.73. The van der Waals surface area contributed by atoms with Crippen LogP contribution in [0.2, 0.25) is 5.02 Å². The number of halogens is 1. The van der Waals surface area contributed by atoms with E-state index in [0.29, 0.717) is 35.0 Å². The molecular formula is C29H38ClN3O4. The summed E-state index contributed by atoms with van der Waals surface area (Å²) in [5.74, 6) is -0.850. The molecule has 2 bridgehead atoms. The molecule has 2 N–H and O–H groups in total. The average Bonchev–Trinajstić information content (AvgIpc) is 3.48. The average molecular weight is 528 g/mol. The molecule has 5 rings (SSSR count). The highest BCUT2D eigenvalue weighted by molar-refractivity contribution is 6.30. The van der Waals surface area contributed by atoms with Gasteiger partial charge < -0.3 is 20.3 Å². The number of hydrogen-bond donors (Lipinski definition) is 2. The van der Waals surface area contributed by atoms with Gasteiger partial charge in [-0.05, 0) is 48.8 Å². The molecule has 4 aliphatic rings. The Balaban J connectivity index is 1.43. The lowest BCUT2D eigenvalue weighted by Gasteiger charge is -2.38. The van der Waals surface area contributed by atoms with Crippen molar-refractivity contribution in [2.24, 2.45) is 29.6 Å². The fraction of sp³-hybridized carbons (Fsp3) is 0.621. The lowest BCUT2D eigenvalue weighted by Crippen LogP contribution is -2.58. The van der Waals surface area contributed by atoms with E-state index in [0.717, 1.165) is 19.3 Å². The smallest absolute Gasteiger partial charge is 0.246 e. The molecule has 0 radical (unpaired) electrons. The van der Waals surface area contributed by atoms with Crippen molar-refractivity contribution in [3.63, 3.8) is 0 Å². The van der Waals surface area contributed by atoms with E-state index in [2.05, 4.69) is 38.3 Å². The second-order valence-corrected chi connectivity index (χ2v) is 12.2. The van der Waals surface area contributed by atoms with Gasteiger partial charge in [-0.2, -0.15) is 0 Å². The van der Waals surface area contributed by atoms with Crippen LogP contribution in [-0.4, -0.2) is 53.0 Å². The Bertz CT molecular complexity index is 1110. The zero-order valence-electron chi connectivity index (χ0n) is 22.1. The predicted molar refractivity (Wildman–Crippen MR) is 143 cm³/mol. The third-order valence-corrected chi connectivity index (χ3v) is 9.23. The highest BCUT2D eigenvalue weighted by Crippen LogP contribution is 2.55. The fourth-order valence-electron chi connectivity index (χ4n) is 6.74. The number of carbonyl (C=O) groups excluding carboxylic acids is 3. The summed E-state index contributed by atoms with van der Waals surface area (Å²) in [6, 6.07) is 6.21. The van der Waals surface area contributed by atoms with Gasteiger partial charge in [-0.15, -0.1) is 0 Å². The van der Waals surface area contributed by atoms with Gasteiger partial charge in [0.15, 0.2) is 0 Å². The van der Waals surface area contributed by atoms with E-state index in [1.165, 1.54) is 6.42 Å². The van der Waals surface area contributed by atoms with E-state index < -0.39 is 29.6 Å². The number of nitrogens with one attached hydrogen (secondary N) is 2. The van der Waals surface area contributed by atoms with Gasteiger partial charge in [-0.25, -0.2) is 0 Å². The highest BCUT2D eigenvalue weighted by atomic mass is 35.5. The fourth-order valence-corrected chi connectivity index (χ4v) is 6.93. The Morgan fingerprint density at radius 2 is 2.00 bits per heavy atom. The number of ether oxygens (including phenoxy) is 1. The third kappa shape index (κ3) is 4.59. The van der Waals surface area contributed by atoms with E-state index in [4.69, 9.17) is 16.3 Å². The van der Waals surface area contributed by atoms with Crippen molar-refractivity contribution in [1.82, 2.24) is 10.2 Å². The Labute approximate surface area is 224 Å². The van der Waals surface area contributed by atoms with Gasteiger partial charge in [0.2, 0.25) is 17.7 Å². The third-order valence-electron chi connectivity index (χ3n) is 9.00. The topological polar surface area (TPSA) is 87.7 Å². The molecule has 1 aromatic carbocycles. The molecule has 1 aromatic rings. The minimum absolute atomic E-state index is 0.0678. The van der Waals surface area contributed by atoms with Gasteiger partial charge in [0.05, 0.1) is 17.9 Å². The predicted octanol–water partition coefficient (Wildman–Crippen LogP) is 4.42. The molecule has 37 heavy (non-hydrogen) atoms. The number of anilines is 1. The maximum Gasteiger partial charge on any atom is 0.246 e. The van der Waals surface area contributed by atoms with E-state index in [9.17, 15) is 14.4 Å². The number of carbonyl (C=O) groups is 3.